The third kappa shape index (κ3) is 3.42. The van der Waals surface area contributed by atoms with E-state index in [0.717, 1.165) is 4.47 Å². The minimum atomic E-state index is 1.11. The molecule has 25 heavy (non-hydrogen) atoms. The van der Waals surface area contributed by atoms with E-state index in [2.05, 4.69) is 107 Å². The molecular formula is C24H17Br. The monoisotopic (exact) mass is 384 g/mol. The predicted molar refractivity (Wildman–Crippen MR) is 110 cm³/mol. The molecule has 4 aromatic rings. The normalized spacial score (nSPS) is 10.6. The van der Waals surface area contributed by atoms with Crippen LogP contribution in [0.1, 0.15) is 0 Å². The summed E-state index contributed by atoms with van der Waals surface area (Å²) in [4.78, 5) is 0. The molecule has 0 aliphatic heterocycles. The van der Waals surface area contributed by atoms with Gasteiger partial charge in [0.25, 0.3) is 0 Å². The van der Waals surface area contributed by atoms with E-state index in [1.807, 2.05) is 12.1 Å². The molecule has 1 heteroatoms. The maximum atomic E-state index is 3.74. The van der Waals surface area contributed by atoms with Crippen LogP contribution < -0.4 is 0 Å². The second kappa shape index (κ2) is 7.08. The van der Waals surface area contributed by atoms with Crippen molar-refractivity contribution in [1.82, 2.24) is 0 Å². The van der Waals surface area contributed by atoms with E-state index < -0.39 is 0 Å². The predicted octanol–water partition coefficient (Wildman–Crippen LogP) is 7.45. The molecule has 0 N–H and O–H groups in total. The summed E-state index contributed by atoms with van der Waals surface area (Å²) in [7, 11) is 0. The summed E-state index contributed by atoms with van der Waals surface area (Å²) in [5.41, 5.74) is 7.35. The van der Waals surface area contributed by atoms with Crippen molar-refractivity contribution in [3.05, 3.63) is 108 Å². The summed E-state index contributed by atoms with van der Waals surface area (Å²) in [6.07, 6.45) is 0. The second-order valence-electron chi connectivity index (χ2n) is 6.00. The van der Waals surface area contributed by atoms with Crippen LogP contribution in [-0.2, 0) is 0 Å². The fourth-order valence-electron chi connectivity index (χ4n) is 3.03. The van der Waals surface area contributed by atoms with Crippen molar-refractivity contribution < 1.29 is 0 Å². The molecule has 0 heterocycles. The van der Waals surface area contributed by atoms with Crippen LogP contribution in [0.3, 0.4) is 0 Å². The lowest BCUT2D eigenvalue weighted by Crippen LogP contribution is -1.84. The van der Waals surface area contributed by atoms with Crippen molar-refractivity contribution in [3.63, 3.8) is 0 Å². The first-order chi connectivity index (χ1) is 12.3. The number of benzene rings is 4. The molecule has 0 bridgehead atoms. The Morgan fingerprint density at radius 1 is 0.400 bits per heavy atom. The van der Waals surface area contributed by atoms with Crippen molar-refractivity contribution in [3.8, 4) is 33.4 Å². The molecule has 0 nitrogen and oxygen atoms in total. The Kier molecular flexibility index (Phi) is 4.49. The van der Waals surface area contributed by atoms with Crippen LogP contribution in [0.4, 0.5) is 0 Å². The third-order valence-corrected chi connectivity index (χ3v) is 5.04. The smallest absolute Gasteiger partial charge is 0.0259 e. The topological polar surface area (TPSA) is 0 Å². The summed E-state index contributed by atoms with van der Waals surface area (Å²) in [6, 6.07) is 36.2. The molecule has 120 valence electrons. The van der Waals surface area contributed by atoms with Gasteiger partial charge in [0.1, 0.15) is 0 Å². The van der Waals surface area contributed by atoms with Crippen LogP contribution in [0.15, 0.2) is 108 Å². The maximum absolute atomic E-state index is 3.74. The van der Waals surface area contributed by atoms with Gasteiger partial charge in [0, 0.05) is 4.47 Å². The molecule has 4 rings (SSSR count). The maximum Gasteiger partial charge on any atom is 0.0259 e. The third-order valence-electron chi connectivity index (χ3n) is 4.38. The van der Waals surface area contributed by atoms with E-state index in [1.54, 1.807) is 0 Å². The largest absolute Gasteiger partial charge is 0.0622 e. The van der Waals surface area contributed by atoms with Gasteiger partial charge in [-0.15, -0.1) is 0 Å². The van der Waals surface area contributed by atoms with Gasteiger partial charge in [-0.1, -0.05) is 113 Å². The Labute approximate surface area is 156 Å². The first-order valence-electron chi connectivity index (χ1n) is 8.32. The fraction of sp³-hybridized carbons (Fsp3) is 0. The van der Waals surface area contributed by atoms with E-state index >= 15 is 0 Å². The van der Waals surface area contributed by atoms with Gasteiger partial charge in [-0.3, -0.25) is 0 Å². The van der Waals surface area contributed by atoms with Gasteiger partial charge in [-0.05, 0) is 39.4 Å². The summed E-state index contributed by atoms with van der Waals surface area (Å²) in [5, 5.41) is 0. The average molecular weight is 385 g/mol. The first-order valence-corrected chi connectivity index (χ1v) is 9.11. The van der Waals surface area contributed by atoms with Gasteiger partial charge in [0.2, 0.25) is 0 Å². The number of rotatable bonds is 3. The molecule has 0 amide bonds. The standard InChI is InChI=1S/C24H17Br/c25-24-17-22(19-9-5-2-6-10-19)15-16-23(24)21-13-11-20(12-14-21)18-7-3-1-4-8-18/h1-17H. The number of hydrogen-bond acceptors (Lipinski definition) is 0. The molecule has 0 atom stereocenters. The Balaban J connectivity index is 1.66. The molecule has 0 aromatic heterocycles. The van der Waals surface area contributed by atoms with Crippen molar-refractivity contribution in [1.29, 1.82) is 0 Å². The lowest BCUT2D eigenvalue weighted by Gasteiger charge is -2.09. The zero-order chi connectivity index (χ0) is 17.1. The number of hydrogen-bond donors (Lipinski definition) is 0. The van der Waals surface area contributed by atoms with E-state index in [-0.39, 0.29) is 0 Å². The molecule has 0 aliphatic rings. The van der Waals surface area contributed by atoms with Gasteiger partial charge in [-0.2, -0.15) is 0 Å². The Hall–Kier alpha value is -2.64. The zero-order valence-electron chi connectivity index (χ0n) is 13.7. The van der Waals surface area contributed by atoms with Crippen LogP contribution in [-0.4, -0.2) is 0 Å². The minimum Gasteiger partial charge on any atom is -0.0622 e. The average Bonchev–Trinajstić information content (AvgIpc) is 2.69. The van der Waals surface area contributed by atoms with Crippen LogP contribution in [0.25, 0.3) is 33.4 Å². The molecular weight excluding hydrogens is 368 g/mol. The van der Waals surface area contributed by atoms with Crippen molar-refractivity contribution >= 4 is 15.9 Å². The molecule has 0 aliphatic carbocycles. The zero-order valence-corrected chi connectivity index (χ0v) is 15.3. The van der Waals surface area contributed by atoms with E-state index in [1.165, 1.54) is 33.4 Å². The Bertz CT molecular complexity index is 971. The van der Waals surface area contributed by atoms with Crippen molar-refractivity contribution in [2.24, 2.45) is 0 Å². The van der Waals surface area contributed by atoms with Crippen molar-refractivity contribution in [2.45, 2.75) is 0 Å². The lowest BCUT2D eigenvalue weighted by molar-refractivity contribution is 1.55. The highest BCUT2D eigenvalue weighted by Crippen LogP contribution is 2.33. The van der Waals surface area contributed by atoms with Gasteiger partial charge in [0.05, 0.1) is 0 Å². The first kappa shape index (κ1) is 15.9. The Morgan fingerprint density at radius 2 is 0.840 bits per heavy atom. The van der Waals surface area contributed by atoms with E-state index in [4.69, 9.17) is 0 Å². The van der Waals surface area contributed by atoms with Crippen molar-refractivity contribution in [2.75, 3.05) is 0 Å². The van der Waals surface area contributed by atoms with Crippen LogP contribution in [0.2, 0.25) is 0 Å². The van der Waals surface area contributed by atoms with Gasteiger partial charge in [-0.25, -0.2) is 0 Å². The highest BCUT2D eigenvalue weighted by atomic mass is 79.9. The summed E-state index contributed by atoms with van der Waals surface area (Å²) in [6.45, 7) is 0. The van der Waals surface area contributed by atoms with Gasteiger partial charge < -0.3 is 0 Å². The molecule has 0 unspecified atom stereocenters. The molecule has 0 radical (unpaired) electrons. The van der Waals surface area contributed by atoms with Gasteiger partial charge in [0.15, 0.2) is 0 Å². The SMILES string of the molecule is Brc1cc(-c2ccccc2)ccc1-c1ccc(-c2ccccc2)cc1. The van der Waals surface area contributed by atoms with Crippen LogP contribution in [0.5, 0.6) is 0 Å². The molecule has 0 fully saturated rings. The fourth-order valence-corrected chi connectivity index (χ4v) is 3.64. The summed E-state index contributed by atoms with van der Waals surface area (Å²) < 4.78 is 1.11. The highest BCUT2D eigenvalue weighted by molar-refractivity contribution is 9.10. The second-order valence-corrected chi connectivity index (χ2v) is 6.86. The van der Waals surface area contributed by atoms with Gasteiger partial charge >= 0.3 is 0 Å². The summed E-state index contributed by atoms with van der Waals surface area (Å²) >= 11 is 3.74. The molecule has 0 saturated carbocycles. The van der Waals surface area contributed by atoms with E-state index in [0.29, 0.717) is 0 Å². The lowest BCUT2D eigenvalue weighted by atomic mass is 9.98. The van der Waals surface area contributed by atoms with Crippen LogP contribution in [0, 0.1) is 0 Å². The molecule has 4 aromatic carbocycles. The quantitative estimate of drug-likeness (QED) is 0.344. The Morgan fingerprint density at radius 3 is 1.40 bits per heavy atom. The molecule has 0 spiro atoms. The molecule has 0 saturated heterocycles. The van der Waals surface area contributed by atoms with E-state index in [9.17, 15) is 0 Å². The highest BCUT2D eigenvalue weighted by Gasteiger charge is 2.06. The minimum absolute atomic E-state index is 1.11. The number of halogens is 1. The summed E-state index contributed by atoms with van der Waals surface area (Å²) in [5.74, 6) is 0. The van der Waals surface area contributed by atoms with Crippen LogP contribution >= 0.6 is 15.9 Å².